The lowest BCUT2D eigenvalue weighted by atomic mass is 10.0. The molecule has 1 aliphatic rings. The molecule has 2 aromatic rings. The maximum Gasteiger partial charge on any atom is 0.387 e. The van der Waals surface area contributed by atoms with Crippen molar-refractivity contribution < 1.29 is 27.5 Å². The zero-order chi connectivity index (χ0) is 22.2. The molecular formula is C20H17ClF3N3O3. The van der Waals surface area contributed by atoms with E-state index in [0.717, 1.165) is 5.01 Å². The number of anilines is 2. The largest absolute Gasteiger partial charge is 0.435 e. The summed E-state index contributed by atoms with van der Waals surface area (Å²) in [4.78, 5) is 27.1. The number of benzene rings is 2. The zero-order valence-corrected chi connectivity index (χ0v) is 17.0. The Bertz CT molecular complexity index is 1000. The van der Waals surface area contributed by atoms with E-state index < -0.39 is 30.2 Å². The highest BCUT2D eigenvalue weighted by molar-refractivity contribution is 6.31. The topological polar surface area (TPSA) is 62.2 Å². The van der Waals surface area contributed by atoms with Gasteiger partial charge < -0.3 is 9.64 Å². The van der Waals surface area contributed by atoms with E-state index in [-0.39, 0.29) is 22.0 Å². The molecule has 0 N–H and O–H groups in total. The van der Waals surface area contributed by atoms with Crippen LogP contribution in [0.5, 0.6) is 5.75 Å². The summed E-state index contributed by atoms with van der Waals surface area (Å²) in [5.41, 5.74) is 1.14. The predicted octanol–water partition coefficient (Wildman–Crippen LogP) is 4.39. The number of alkyl halides is 2. The summed E-state index contributed by atoms with van der Waals surface area (Å²) in [5, 5.41) is 5.03. The Hall–Kier alpha value is -3.07. The molecule has 0 bridgehead atoms. The third-order valence-corrected chi connectivity index (χ3v) is 4.87. The summed E-state index contributed by atoms with van der Waals surface area (Å²) >= 11 is 5.86. The number of ether oxygens (including phenoxy) is 1. The van der Waals surface area contributed by atoms with Crippen LogP contribution in [-0.4, -0.2) is 31.2 Å². The smallest absolute Gasteiger partial charge is 0.387 e. The van der Waals surface area contributed by atoms with Crippen LogP contribution in [0.4, 0.5) is 24.5 Å². The van der Waals surface area contributed by atoms with Crippen LogP contribution in [0.1, 0.15) is 12.5 Å². The summed E-state index contributed by atoms with van der Waals surface area (Å²) in [6.07, 6.45) is 0. The molecule has 30 heavy (non-hydrogen) atoms. The summed E-state index contributed by atoms with van der Waals surface area (Å²) in [6, 6.07) is 8.05. The third-order valence-electron chi connectivity index (χ3n) is 4.60. The molecule has 0 aliphatic carbocycles. The Labute approximate surface area is 175 Å². The van der Waals surface area contributed by atoms with Crippen LogP contribution >= 0.6 is 11.6 Å². The first-order chi connectivity index (χ1) is 14.1. The summed E-state index contributed by atoms with van der Waals surface area (Å²) in [7, 11) is 1.45. The molecule has 2 amide bonds. The molecule has 0 saturated heterocycles. The molecule has 6 nitrogen and oxygen atoms in total. The lowest BCUT2D eigenvalue weighted by Gasteiger charge is -2.22. The van der Waals surface area contributed by atoms with Gasteiger partial charge in [-0.15, -0.1) is 0 Å². The van der Waals surface area contributed by atoms with Crippen LogP contribution < -0.4 is 14.6 Å². The van der Waals surface area contributed by atoms with E-state index in [4.69, 9.17) is 11.6 Å². The van der Waals surface area contributed by atoms with Gasteiger partial charge in [0, 0.05) is 12.7 Å². The van der Waals surface area contributed by atoms with Crippen molar-refractivity contribution in [3.05, 3.63) is 52.8 Å². The van der Waals surface area contributed by atoms with E-state index in [9.17, 15) is 22.8 Å². The highest BCUT2D eigenvalue weighted by Gasteiger charge is 2.41. The fraction of sp³-hybridized carbons (Fsp3) is 0.250. The van der Waals surface area contributed by atoms with Crippen molar-refractivity contribution in [3.63, 3.8) is 0 Å². The van der Waals surface area contributed by atoms with Gasteiger partial charge in [0.25, 0.3) is 5.91 Å². The van der Waals surface area contributed by atoms with E-state index >= 15 is 0 Å². The molecule has 10 heteroatoms. The van der Waals surface area contributed by atoms with Crippen molar-refractivity contribution in [2.45, 2.75) is 20.5 Å². The Morgan fingerprint density at radius 2 is 1.87 bits per heavy atom. The second kappa shape index (κ2) is 8.35. The third kappa shape index (κ3) is 4.11. The number of hydrazone groups is 1. The van der Waals surface area contributed by atoms with Gasteiger partial charge in [-0.3, -0.25) is 9.59 Å². The number of aryl methyl sites for hydroxylation is 1. The molecule has 1 aliphatic heterocycles. The Morgan fingerprint density at radius 3 is 2.43 bits per heavy atom. The number of hydrogen-bond acceptors (Lipinski definition) is 4. The maximum absolute atomic E-state index is 13.8. The monoisotopic (exact) mass is 439 g/mol. The van der Waals surface area contributed by atoms with E-state index in [2.05, 4.69) is 9.84 Å². The molecular weight excluding hydrogens is 423 g/mol. The lowest BCUT2D eigenvalue weighted by molar-refractivity contribution is -0.128. The lowest BCUT2D eigenvalue weighted by Crippen LogP contribution is -2.41. The van der Waals surface area contributed by atoms with Crippen LogP contribution in [0.15, 0.2) is 41.5 Å². The van der Waals surface area contributed by atoms with E-state index in [1.54, 1.807) is 0 Å². The standard InChI is InChI=1S/C20H17ClF3N3O3/c1-10-8-13(9-15(21)17(10)22)26(3)18(28)16-11(2)25-27(19(16)29)12-4-6-14(7-5-12)30-20(23)24/h4-9,16,20H,1-3H3. The first-order valence-corrected chi connectivity index (χ1v) is 9.15. The summed E-state index contributed by atoms with van der Waals surface area (Å²) < 4.78 is 42.6. The van der Waals surface area contributed by atoms with Crippen molar-refractivity contribution in [2.75, 3.05) is 17.0 Å². The molecule has 1 unspecified atom stereocenters. The SMILES string of the molecule is CC1=NN(c2ccc(OC(F)F)cc2)C(=O)C1C(=O)N(C)c1cc(C)c(F)c(Cl)c1. The minimum atomic E-state index is -2.97. The van der Waals surface area contributed by atoms with Crippen molar-refractivity contribution in [1.82, 2.24) is 0 Å². The van der Waals surface area contributed by atoms with Crippen LogP contribution in [0, 0.1) is 18.7 Å². The van der Waals surface area contributed by atoms with Crippen LogP contribution in [-0.2, 0) is 9.59 Å². The second-order valence-electron chi connectivity index (χ2n) is 6.65. The van der Waals surface area contributed by atoms with Crippen LogP contribution in [0.2, 0.25) is 5.02 Å². The minimum absolute atomic E-state index is 0.0722. The molecule has 0 saturated carbocycles. The second-order valence-corrected chi connectivity index (χ2v) is 7.06. The number of hydrogen-bond donors (Lipinski definition) is 0. The van der Waals surface area contributed by atoms with Gasteiger partial charge in [-0.05, 0) is 55.8 Å². The maximum atomic E-state index is 13.8. The Kier molecular flexibility index (Phi) is 6.02. The first-order valence-electron chi connectivity index (χ1n) is 8.77. The average molecular weight is 440 g/mol. The Morgan fingerprint density at radius 1 is 1.23 bits per heavy atom. The fourth-order valence-corrected chi connectivity index (χ4v) is 3.29. The molecule has 158 valence electrons. The van der Waals surface area contributed by atoms with Crippen molar-refractivity contribution in [1.29, 1.82) is 0 Å². The highest BCUT2D eigenvalue weighted by atomic mass is 35.5. The van der Waals surface area contributed by atoms with Gasteiger partial charge in [0.05, 0.1) is 16.4 Å². The fourth-order valence-electron chi connectivity index (χ4n) is 3.03. The number of carbonyl (C=O) groups is 2. The first kappa shape index (κ1) is 21.6. The number of halogens is 4. The molecule has 2 aromatic carbocycles. The van der Waals surface area contributed by atoms with Gasteiger partial charge in [0.1, 0.15) is 11.6 Å². The number of amides is 2. The number of rotatable bonds is 5. The molecule has 0 fully saturated rings. The van der Waals surface area contributed by atoms with Crippen LogP contribution in [0.25, 0.3) is 0 Å². The van der Waals surface area contributed by atoms with Gasteiger partial charge in [0.2, 0.25) is 5.91 Å². The molecule has 1 atom stereocenters. The van der Waals surface area contributed by atoms with Gasteiger partial charge in [-0.2, -0.15) is 18.9 Å². The molecule has 0 radical (unpaired) electrons. The quantitative estimate of drug-likeness (QED) is 0.649. The van der Waals surface area contributed by atoms with E-state index in [1.807, 2.05) is 0 Å². The average Bonchev–Trinajstić information content (AvgIpc) is 2.98. The predicted molar refractivity (Wildman–Crippen MR) is 107 cm³/mol. The zero-order valence-electron chi connectivity index (χ0n) is 16.2. The van der Waals surface area contributed by atoms with Gasteiger partial charge >= 0.3 is 6.61 Å². The molecule has 0 spiro atoms. The molecule has 1 heterocycles. The minimum Gasteiger partial charge on any atom is -0.435 e. The van der Waals surface area contributed by atoms with Crippen molar-refractivity contribution in [3.8, 4) is 5.75 Å². The summed E-state index contributed by atoms with van der Waals surface area (Å²) in [6.45, 7) is 0.0797. The Balaban J connectivity index is 1.82. The van der Waals surface area contributed by atoms with Gasteiger partial charge in [-0.1, -0.05) is 11.6 Å². The normalized spacial score (nSPS) is 16.1. The van der Waals surface area contributed by atoms with Gasteiger partial charge in [-0.25, -0.2) is 4.39 Å². The number of nitrogens with zero attached hydrogens (tertiary/aromatic N) is 3. The number of carbonyl (C=O) groups excluding carboxylic acids is 2. The van der Waals surface area contributed by atoms with E-state index in [1.165, 1.54) is 62.2 Å². The highest BCUT2D eigenvalue weighted by Crippen LogP contribution is 2.30. The van der Waals surface area contributed by atoms with Crippen molar-refractivity contribution in [2.24, 2.45) is 11.0 Å². The van der Waals surface area contributed by atoms with Crippen molar-refractivity contribution >= 4 is 40.5 Å². The molecule has 3 rings (SSSR count). The van der Waals surface area contributed by atoms with Gasteiger partial charge in [0.15, 0.2) is 5.92 Å². The molecule has 0 aromatic heterocycles. The van der Waals surface area contributed by atoms with Crippen LogP contribution in [0.3, 0.4) is 0 Å². The van der Waals surface area contributed by atoms with E-state index in [0.29, 0.717) is 11.4 Å². The summed E-state index contributed by atoms with van der Waals surface area (Å²) in [5.74, 6) is -3.00.